The Balaban J connectivity index is 1.68. The number of nitrogens with one attached hydrogen (secondary N) is 1. The lowest BCUT2D eigenvalue weighted by Gasteiger charge is -2.27. The van der Waals surface area contributed by atoms with Crippen LogP contribution in [0.15, 0.2) is 64.7 Å². The quantitative estimate of drug-likeness (QED) is 0.665. The molecule has 130 valence electrons. The van der Waals surface area contributed by atoms with Gasteiger partial charge in [0.15, 0.2) is 6.10 Å². The summed E-state index contributed by atoms with van der Waals surface area (Å²) in [4.78, 5) is 13.2. The number of ether oxygens (including phenoxy) is 1. The SMILES string of the molecule is CC(Oc1ccccc1)C(=O)NCC(O)(c1ccsc1)c1cccs1. The fraction of sp³-hybridized carbons (Fsp3) is 0.211. The number of carbonyl (C=O) groups is 1. The van der Waals surface area contributed by atoms with Gasteiger partial charge in [-0.25, -0.2) is 0 Å². The van der Waals surface area contributed by atoms with E-state index < -0.39 is 11.7 Å². The first-order valence-electron chi connectivity index (χ1n) is 7.88. The van der Waals surface area contributed by atoms with E-state index in [1.807, 2.05) is 52.5 Å². The zero-order chi connectivity index (χ0) is 17.7. The van der Waals surface area contributed by atoms with Crippen LogP contribution in [0.25, 0.3) is 0 Å². The van der Waals surface area contributed by atoms with Crippen LogP contribution in [-0.4, -0.2) is 23.7 Å². The van der Waals surface area contributed by atoms with Crippen molar-refractivity contribution in [2.24, 2.45) is 0 Å². The molecule has 2 N–H and O–H groups in total. The molecule has 0 fully saturated rings. The predicted octanol–water partition coefficient (Wildman–Crippen LogP) is 3.63. The van der Waals surface area contributed by atoms with Gasteiger partial charge in [0.25, 0.3) is 5.91 Å². The molecule has 0 radical (unpaired) electrons. The van der Waals surface area contributed by atoms with Gasteiger partial charge in [-0.05, 0) is 47.3 Å². The maximum Gasteiger partial charge on any atom is 0.260 e. The van der Waals surface area contributed by atoms with Gasteiger partial charge < -0.3 is 15.2 Å². The molecule has 2 unspecified atom stereocenters. The second kappa shape index (κ2) is 7.82. The number of para-hydroxylation sites is 1. The van der Waals surface area contributed by atoms with Crippen molar-refractivity contribution in [3.05, 3.63) is 75.1 Å². The molecule has 1 aromatic carbocycles. The van der Waals surface area contributed by atoms with Crippen LogP contribution < -0.4 is 10.1 Å². The van der Waals surface area contributed by atoms with Crippen molar-refractivity contribution in [2.75, 3.05) is 6.54 Å². The molecule has 6 heteroatoms. The summed E-state index contributed by atoms with van der Waals surface area (Å²) in [7, 11) is 0. The zero-order valence-electron chi connectivity index (χ0n) is 13.7. The van der Waals surface area contributed by atoms with Crippen molar-refractivity contribution in [3.8, 4) is 5.75 Å². The number of hydrogen-bond donors (Lipinski definition) is 2. The van der Waals surface area contributed by atoms with Gasteiger partial charge in [-0.15, -0.1) is 11.3 Å². The maximum atomic E-state index is 12.4. The van der Waals surface area contributed by atoms with Gasteiger partial charge in [0.2, 0.25) is 0 Å². The summed E-state index contributed by atoms with van der Waals surface area (Å²) in [6.45, 7) is 1.78. The Morgan fingerprint density at radius 1 is 1.20 bits per heavy atom. The maximum absolute atomic E-state index is 12.4. The van der Waals surface area contributed by atoms with Crippen molar-refractivity contribution >= 4 is 28.6 Å². The predicted molar refractivity (Wildman–Crippen MR) is 101 cm³/mol. The molecule has 2 aromatic heterocycles. The van der Waals surface area contributed by atoms with Crippen molar-refractivity contribution in [1.82, 2.24) is 5.32 Å². The first-order valence-corrected chi connectivity index (χ1v) is 9.70. The van der Waals surface area contributed by atoms with Crippen LogP contribution in [0.1, 0.15) is 17.4 Å². The van der Waals surface area contributed by atoms with Gasteiger partial charge in [-0.2, -0.15) is 11.3 Å². The fourth-order valence-corrected chi connectivity index (χ4v) is 4.03. The van der Waals surface area contributed by atoms with E-state index in [1.165, 1.54) is 22.7 Å². The van der Waals surface area contributed by atoms with Gasteiger partial charge in [-0.3, -0.25) is 4.79 Å². The van der Waals surface area contributed by atoms with Crippen LogP contribution >= 0.6 is 22.7 Å². The first kappa shape index (κ1) is 17.7. The lowest BCUT2D eigenvalue weighted by atomic mass is 9.94. The first-order chi connectivity index (χ1) is 12.1. The van der Waals surface area contributed by atoms with Gasteiger partial charge in [-0.1, -0.05) is 24.3 Å². The molecule has 2 heterocycles. The summed E-state index contributed by atoms with van der Waals surface area (Å²) in [6, 6.07) is 14.8. The highest BCUT2D eigenvalue weighted by atomic mass is 32.1. The van der Waals surface area contributed by atoms with Crippen LogP contribution in [0.5, 0.6) is 5.75 Å². The highest BCUT2D eigenvalue weighted by Crippen LogP contribution is 2.33. The Hall–Kier alpha value is -2.15. The highest BCUT2D eigenvalue weighted by Gasteiger charge is 2.34. The number of rotatable bonds is 7. The number of aliphatic hydroxyl groups is 1. The number of carbonyl (C=O) groups excluding carboxylic acids is 1. The number of thiophene rings is 2. The van der Waals surface area contributed by atoms with E-state index in [2.05, 4.69) is 5.32 Å². The molecule has 0 saturated carbocycles. The summed E-state index contributed by atoms with van der Waals surface area (Å²) < 4.78 is 5.63. The molecule has 25 heavy (non-hydrogen) atoms. The lowest BCUT2D eigenvalue weighted by Crippen LogP contribution is -2.45. The van der Waals surface area contributed by atoms with E-state index in [4.69, 9.17) is 4.74 Å². The minimum absolute atomic E-state index is 0.0889. The van der Waals surface area contributed by atoms with Crippen molar-refractivity contribution in [2.45, 2.75) is 18.6 Å². The Morgan fingerprint density at radius 3 is 2.64 bits per heavy atom. The van der Waals surface area contributed by atoms with E-state index >= 15 is 0 Å². The highest BCUT2D eigenvalue weighted by molar-refractivity contribution is 7.10. The molecular weight excluding hydrogens is 354 g/mol. The molecule has 1 amide bonds. The average Bonchev–Trinajstić information content (AvgIpc) is 3.34. The Morgan fingerprint density at radius 2 is 2.00 bits per heavy atom. The third-order valence-electron chi connectivity index (χ3n) is 3.87. The molecule has 3 rings (SSSR count). The Bertz CT molecular complexity index is 751. The molecular formula is C19H19NO3S2. The molecule has 0 bridgehead atoms. The minimum Gasteiger partial charge on any atom is -0.481 e. The molecule has 0 aliphatic heterocycles. The minimum atomic E-state index is -1.24. The van der Waals surface area contributed by atoms with Crippen LogP contribution in [-0.2, 0) is 10.4 Å². The van der Waals surface area contributed by atoms with Crippen molar-refractivity contribution < 1.29 is 14.6 Å². The normalized spacial score (nSPS) is 14.5. The van der Waals surface area contributed by atoms with Gasteiger partial charge in [0, 0.05) is 10.4 Å². The van der Waals surface area contributed by atoms with Gasteiger partial charge in [0.1, 0.15) is 11.4 Å². The third kappa shape index (κ3) is 4.10. The second-order valence-electron chi connectivity index (χ2n) is 5.64. The van der Waals surface area contributed by atoms with Crippen LogP contribution in [0, 0.1) is 0 Å². The molecule has 0 saturated heterocycles. The Labute approximate surface area is 154 Å². The summed E-state index contributed by atoms with van der Waals surface area (Å²) in [5.41, 5.74) is -0.465. The molecule has 3 aromatic rings. The number of amides is 1. The van der Waals surface area contributed by atoms with Gasteiger partial charge >= 0.3 is 0 Å². The topological polar surface area (TPSA) is 58.6 Å². The largest absolute Gasteiger partial charge is 0.481 e. The second-order valence-corrected chi connectivity index (χ2v) is 7.37. The van der Waals surface area contributed by atoms with E-state index in [1.54, 1.807) is 19.1 Å². The van der Waals surface area contributed by atoms with Crippen LogP contribution in [0.4, 0.5) is 0 Å². The molecule has 2 atom stereocenters. The van der Waals surface area contributed by atoms with Crippen LogP contribution in [0.2, 0.25) is 0 Å². The fourth-order valence-electron chi connectivity index (χ4n) is 2.46. The third-order valence-corrected chi connectivity index (χ3v) is 5.58. The Kier molecular flexibility index (Phi) is 5.53. The number of benzene rings is 1. The summed E-state index contributed by atoms with van der Waals surface area (Å²) in [5, 5.41) is 19.8. The lowest BCUT2D eigenvalue weighted by molar-refractivity contribution is -0.128. The summed E-state index contributed by atoms with van der Waals surface area (Å²) in [5.74, 6) is 0.366. The van der Waals surface area contributed by atoms with E-state index in [0.29, 0.717) is 5.75 Å². The van der Waals surface area contributed by atoms with Crippen LogP contribution in [0.3, 0.4) is 0 Å². The van der Waals surface area contributed by atoms with Gasteiger partial charge in [0.05, 0.1) is 6.54 Å². The van der Waals surface area contributed by atoms with E-state index in [-0.39, 0.29) is 12.5 Å². The number of hydrogen-bond acceptors (Lipinski definition) is 5. The summed E-state index contributed by atoms with van der Waals surface area (Å²) >= 11 is 2.98. The molecule has 0 aliphatic rings. The van der Waals surface area contributed by atoms with Crippen molar-refractivity contribution in [1.29, 1.82) is 0 Å². The monoisotopic (exact) mass is 373 g/mol. The molecule has 0 aliphatic carbocycles. The van der Waals surface area contributed by atoms with E-state index in [0.717, 1.165) is 10.4 Å². The zero-order valence-corrected chi connectivity index (χ0v) is 15.3. The molecule has 0 spiro atoms. The smallest absolute Gasteiger partial charge is 0.260 e. The standard InChI is InChI=1S/C19H19NO3S2/c1-14(23-16-6-3-2-4-7-16)18(21)20-13-19(22,15-9-11-24-12-15)17-8-5-10-25-17/h2-12,14,22H,13H2,1H3,(H,20,21). The summed E-state index contributed by atoms with van der Waals surface area (Å²) in [6.07, 6.45) is -0.655. The van der Waals surface area contributed by atoms with Crippen molar-refractivity contribution in [3.63, 3.8) is 0 Å². The molecule has 4 nitrogen and oxygen atoms in total. The average molecular weight is 373 g/mol. The van der Waals surface area contributed by atoms with E-state index in [9.17, 15) is 9.90 Å².